The molecule has 3 aromatic heterocycles. The second-order valence-electron chi connectivity index (χ2n) is 7.23. The van der Waals surface area contributed by atoms with Gasteiger partial charge in [-0.1, -0.05) is 24.3 Å². The average molecular weight is 430 g/mol. The average Bonchev–Trinajstić information content (AvgIpc) is 3.12. The Balaban J connectivity index is 1.59. The molecule has 0 aliphatic heterocycles. The zero-order valence-corrected chi connectivity index (χ0v) is 17.9. The largest absolute Gasteiger partial charge is 0.302 e. The number of carbonyl (C=O) groups excluding carboxylic acids is 2. The van der Waals surface area contributed by atoms with Gasteiger partial charge in [-0.25, -0.2) is 9.67 Å². The fourth-order valence-electron chi connectivity index (χ4n) is 3.69. The van der Waals surface area contributed by atoms with E-state index >= 15 is 0 Å². The number of rotatable bonds is 4. The summed E-state index contributed by atoms with van der Waals surface area (Å²) >= 11 is 0. The molecule has 0 radical (unpaired) electrons. The van der Waals surface area contributed by atoms with Gasteiger partial charge in [0.25, 0.3) is 17.4 Å². The van der Waals surface area contributed by atoms with Crippen LogP contribution in [0.5, 0.6) is 0 Å². The van der Waals surface area contributed by atoms with Gasteiger partial charge in [0.15, 0.2) is 5.69 Å². The zero-order chi connectivity index (χ0) is 22.8. The van der Waals surface area contributed by atoms with Crippen molar-refractivity contribution in [3.05, 3.63) is 87.7 Å². The summed E-state index contributed by atoms with van der Waals surface area (Å²) in [5.74, 6) is -0.389. The third kappa shape index (κ3) is 3.64. The molecule has 2 N–H and O–H groups in total. The predicted molar refractivity (Wildman–Crippen MR) is 120 cm³/mol. The molecule has 0 aliphatic carbocycles. The maximum absolute atomic E-state index is 12.8. The molecule has 0 atom stereocenters. The van der Waals surface area contributed by atoms with Crippen LogP contribution in [-0.4, -0.2) is 31.1 Å². The van der Waals surface area contributed by atoms with E-state index in [1.807, 2.05) is 36.6 Å². The van der Waals surface area contributed by atoms with E-state index in [2.05, 4.69) is 20.9 Å². The summed E-state index contributed by atoms with van der Waals surface area (Å²) in [6, 6.07) is 14.0. The number of benzene rings is 1. The highest BCUT2D eigenvalue weighted by atomic mass is 16.2. The van der Waals surface area contributed by atoms with Gasteiger partial charge in [0.1, 0.15) is 5.82 Å². The third-order valence-electron chi connectivity index (χ3n) is 5.23. The van der Waals surface area contributed by atoms with Gasteiger partial charge in [0.2, 0.25) is 0 Å². The molecule has 0 fully saturated rings. The van der Waals surface area contributed by atoms with Gasteiger partial charge in [0.05, 0.1) is 10.9 Å². The Hall–Kier alpha value is -4.27. The number of pyridine rings is 1. The minimum atomic E-state index is -0.615. The van der Waals surface area contributed by atoms with Crippen LogP contribution in [0.4, 0.5) is 0 Å². The van der Waals surface area contributed by atoms with Gasteiger partial charge in [0, 0.05) is 29.5 Å². The van der Waals surface area contributed by atoms with Crippen molar-refractivity contribution in [3.63, 3.8) is 0 Å². The molecular weight excluding hydrogens is 408 g/mol. The van der Waals surface area contributed by atoms with Crippen molar-refractivity contribution in [2.75, 3.05) is 0 Å². The fourth-order valence-corrected chi connectivity index (χ4v) is 3.69. The number of amides is 2. The molecule has 4 rings (SSSR count). The van der Waals surface area contributed by atoms with Gasteiger partial charge in [-0.2, -0.15) is 5.10 Å². The number of nitrogens with one attached hydrogen (secondary N) is 2. The zero-order valence-electron chi connectivity index (χ0n) is 17.9. The maximum atomic E-state index is 12.8. The van der Waals surface area contributed by atoms with Crippen molar-refractivity contribution in [3.8, 4) is 5.82 Å². The Morgan fingerprint density at radius 2 is 1.66 bits per heavy atom. The van der Waals surface area contributed by atoms with E-state index in [0.717, 1.165) is 5.69 Å². The van der Waals surface area contributed by atoms with Crippen LogP contribution in [0.1, 0.15) is 39.2 Å². The van der Waals surface area contributed by atoms with Crippen molar-refractivity contribution >= 4 is 22.6 Å². The molecule has 0 saturated carbocycles. The van der Waals surface area contributed by atoms with E-state index in [9.17, 15) is 14.4 Å². The molecule has 9 nitrogen and oxygen atoms in total. The number of aromatic nitrogens is 4. The molecule has 0 saturated heterocycles. The van der Waals surface area contributed by atoms with E-state index in [1.54, 1.807) is 43.5 Å². The van der Waals surface area contributed by atoms with Gasteiger partial charge >= 0.3 is 0 Å². The van der Waals surface area contributed by atoms with Crippen molar-refractivity contribution in [1.29, 1.82) is 0 Å². The Morgan fingerprint density at radius 3 is 2.34 bits per heavy atom. The molecule has 4 aromatic rings. The van der Waals surface area contributed by atoms with Crippen molar-refractivity contribution in [2.45, 2.75) is 27.3 Å². The standard InChI is InChI=1S/C23H22N6O3/c1-4-28-23(32)17-10-6-5-9-16(17)20(27-28)22(31)26-25-21(30)18-13-14(2)29(15(18)3)19-11-7-8-12-24-19/h5-13H,4H2,1-3H3,(H,25,30)(H,26,31). The minimum Gasteiger partial charge on any atom is -0.302 e. The number of carbonyl (C=O) groups is 2. The first-order chi connectivity index (χ1) is 15.4. The SMILES string of the molecule is CCn1nc(C(=O)NNC(=O)c2cc(C)n(-c3ccccn3)c2C)c2ccccc2c1=O. The van der Waals surface area contributed by atoms with Crippen molar-refractivity contribution < 1.29 is 9.59 Å². The number of hydrogen-bond donors (Lipinski definition) is 2. The van der Waals surface area contributed by atoms with E-state index in [1.165, 1.54) is 4.68 Å². The van der Waals surface area contributed by atoms with Crippen molar-refractivity contribution in [2.24, 2.45) is 0 Å². The number of aryl methyl sites for hydroxylation is 2. The Morgan fingerprint density at radius 1 is 0.969 bits per heavy atom. The highest BCUT2D eigenvalue weighted by molar-refractivity contribution is 6.06. The molecule has 0 unspecified atom stereocenters. The summed E-state index contributed by atoms with van der Waals surface area (Å²) in [5.41, 5.74) is 6.58. The molecule has 0 bridgehead atoms. The van der Waals surface area contributed by atoms with Crippen LogP contribution in [-0.2, 0) is 6.54 Å². The van der Waals surface area contributed by atoms with Crippen LogP contribution in [0, 0.1) is 13.8 Å². The lowest BCUT2D eigenvalue weighted by atomic mass is 10.1. The molecule has 0 aliphatic rings. The smallest absolute Gasteiger partial charge is 0.290 e. The van der Waals surface area contributed by atoms with Crippen LogP contribution in [0.2, 0.25) is 0 Å². The Kier molecular flexibility index (Phi) is 5.55. The molecule has 0 spiro atoms. The summed E-state index contributed by atoms with van der Waals surface area (Å²) in [5, 5.41) is 4.98. The molecule has 162 valence electrons. The van der Waals surface area contributed by atoms with E-state index in [4.69, 9.17) is 0 Å². The lowest BCUT2D eigenvalue weighted by Gasteiger charge is -2.11. The molecule has 32 heavy (non-hydrogen) atoms. The van der Waals surface area contributed by atoms with Crippen LogP contribution in [0.25, 0.3) is 16.6 Å². The number of hydrazine groups is 1. The normalized spacial score (nSPS) is 10.8. The highest BCUT2D eigenvalue weighted by Gasteiger charge is 2.20. The highest BCUT2D eigenvalue weighted by Crippen LogP contribution is 2.19. The summed E-state index contributed by atoms with van der Waals surface area (Å²) < 4.78 is 3.09. The lowest BCUT2D eigenvalue weighted by molar-refractivity contribution is 0.0843. The van der Waals surface area contributed by atoms with E-state index in [0.29, 0.717) is 34.4 Å². The van der Waals surface area contributed by atoms with Crippen molar-refractivity contribution in [1.82, 2.24) is 30.2 Å². The second-order valence-corrected chi connectivity index (χ2v) is 7.23. The van der Waals surface area contributed by atoms with Gasteiger partial charge in [-0.15, -0.1) is 0 Å². The molecule has 1 aromatic carbocycles. The first-order valence-electron chi connectivity index (χ1n) is 10.1. The number of nitrogens with zero attached hydrogens (tertiary/aromatic N) is 4. The first kappa shape index (κ1) is 21.0. The summed E-state index contributed by atoms with van der Waals surface area (Å²) in [6.45, 7) is 5.77. The van der Waals surface area contributed by atoms with Gasteiger partial charge in [-0.3, -0.25) is 25.2 Å². The van der Waals surface area contributed by atoms with Crippen LogP contribution in [0.15, 0.2) is 59.5 Å². The Labute approximate surface area is 183 Å². The molecule has 2 amide bonds. The third-order valence-corrected chi connectivity index (χ3v) is 5.23. The quantitative estimate of drug-likeness (QED) is 0.483. The van der Waals surface area contributed by atoms with Gasteiger partial charge in [-0.05, 0) is 45.0 Å². The fraction of sp³-hybridized carbons (Fsp3) is 0.174. The second kappa shape index (κ2) is 8.46. The van der Waals surface area contributed by atoms with E-state index < -0.39 is 11.8 Å². The molecule has 9 heteroatoms. The molecular formula is C23H22N6O3. The lowest BCUT2D eigenvalue weighted by Crippen LogP contribution is -2.43. The summed E-state index contributed by atoms with van der Waals surface area (Å²) in [4.78, 5) is 42.4. The van der Waals surface area contributed by atoms with E-state index in [-0.39, 0.29) is 11.3 Å². The first-order valence-corrected chi connectivity index (χ1v) is 10.1. The summed E-state index contributed by atoms with van der Waals surface area (Å²) in [7, 11) is 0. The maximum Gasteiger partial charge on any atom is 0.290 e. The predicted octanol–water partition coefficient (Wildman–Crippen LogP) is 2.29. The monoisotopic (exact) mass is 430 g/mol. The van der Waals surface area contributed by atoms with Crippen LogP contribution in [0.3, 0.4) is 0 Å². The van der Waals surface area contributed by atoms with Crippen LogP contribution < -0.4 is 16.4 Å². The topological polar surface area (TPSA) is 111 Å². The Bertz CT molecular complexity index is 1390. The summed E-state index contributed by atoms with van der Waals surface area (Å²) in [6.07, 6.45) is 1.68. The number of fused-ring (bicyclic) bond motifs is 1. The van der Waals surface area contributed by atoms with Crippen LogP contribution >= 0.6 is 0 Å². The minimum absolute atomic E-state index is 0.0568. The van der Waals surface area contributed by atoms with Gasteiger partial charge < -0.3 is 4.57 Å². The molecule has 3 heterocycles. The number of hydrogen-bond acceptors (Lipinski definition) is 5.